The predicted molar refractivity (Wildman–Crippen MR) is 40.3 cm³/mol. The summed E-state index contributed by atoms with van der Waals surface area (Å²) in [6, 6.07) is 0. The highest BCUT2D eigenvalue weighted by molar-refractivity contribution is 4.80. The molecule has 54 valence electrons. The molecule has 0 aromatic carbocycles. The third-order valence-electron chi connectivity index (χ3n) is 1.16. The molecule has 0 aliphatic rings. The molecule has 0 aliphatic carbocycles. The number of hydrogen-bond donors (Lipinski definition) is 0. The van der Waals surface area contributed by atoms with Gasteiger partial charge in [0.2, 0.25) is 0 Å². The van der Waals surface area contributed by atoms with Gasteiger partial charge < -0.3 is 4.74 Å². The van der Waals surface area contributed by atoms with Gasteiger partial charge in [0, 0.05) is 6.42 Å². The fourth-order valence-corrected chi connectivity index (χ4v) is 0.650. The Morgan fingerprint density at radius 3 is 2.56 bits per heavy atom. The Kier molecular flexibility index (Phi) is 5.38. The first-order valence-electron chi connectivity index (χ1n) is 3.61. The lowest BCUT2D eigenvalue weighted by atomic mass is 10.2. The van der Waals surface area contributed by atoms with Crippen LogP contribution in [0.2, 0.25) is 0 Å². The first-order valence-corrected chi connectivity index (χ1v) is 3.61. The summed E-state index contributed by atoms with van der Waals surface area (Å²) >= 11 is 0. The molecule has 1 heteroatoms. The van der Waals surface area contributed by atoms with Crippen LogP contribution in [0.1, 0.15) is 33.1 Å². The van der Waals surface area contributed by atoms with Crippen molar-refractivity contribution in [1.82, 2.24) is 0 Å². The summed E-state index contributed by atoms with van der Waals surface area (Å²) < 4.78 is 5.15. The molecular weight excluding hydrogens is 112 g/mol. The van der Waals surface area contributed by atoms with Gasteiger partial charge in [-0.1, -0.05) is 19.9 Å². The van der Waals surface area contributed by atoms with Crippen LogP contribution in [-0.2, 0) is 4.74 Å². The summed E-state index contributed by atoms with van der Waals surface area (Å²) in [6.07, 6.45) is 3.43. The first-order chi connectivity index (χ1) is 4.31. The number of unbranched alkanes of at least 4 members (excludes halogenated alkanes) is 1. The number of rotatable bonds is 5. The number of hydrogen-bond acceptors (Lipinski definition) is 1. The van der Waals surface area contributed by atoms with Crippen LogP contribution < -0.4 is 0 Å². The largest absolute Gasteiger partial charge is 0.499 e. The maximum absolute atomic E-state index is 5.15. The number of allylic oxidation sites excluding steroid dienone is 1. The van der Waals surface area contributed by atoms with Gasteiger partial charge in [0.05, 0.1) is 12.4 Å². The topological polar surface area (TPSA) is 9.23 Å². The minimum atomic E-state index is 0.753. The standard InChI is InChI=1S/C8H16O/c1-4-6-7-8(3)9-5-2/h3-7H2,1-2H3. The molecule has 0 radical (unpaired) electrons. The van der Waals surface area contributed by atoms with Crippen LogP contribution in [0.4, 0.5) is 0 Å². The Labute approximate surface area is 57.7 Å². The van der Waals surface area contributed by atoms with E-state index in [2.05, 4.69) is 13.5 Å². The Balaban J connectivity index is 3.06. The number of ether oxygens (including phenoxy) is 1. The van der Waals surface area contributed by atoms with Crippen LogP contribution in [0.3, 0.4) is 0 Å². The molecule has 0 fully saturated rings. The molecule has 0 spiro atoms. The summed E-state index contributed by atoms with van der Waals surface area (Å²) in [5, 5.41) is 0. The lowest BCUT2D eigenvalue weighted by Crippen LogP contribution is -1.88. The lowest BCUT2D eigenvalue weighted by Gasteiger charge is -2.03. The van der Waals surface area contributed by atoms with Crippen molar-refractivity contribution in [3.8, 4) is 0 Å². The quantitative estimate of drug-likeness (QED) is 0.517. The SMILES string of the molecule is C=C(CCCC)OCC. The minimum absolute atomic E-state index is 0.753. The van der Waals surface area contributed by atoms with E-state index in [-0.39, 0.29) is 0 Å². The Bertz CT molecular complexity index is 76.6. The molecule has 0 aliphatic heterocycles. The molecule has 0 rings (SSSR count). The van der Waals surface area contributed by atoms with Gasteiger partial charge in [-0.2, -0.15) is 0 Å². The zero-order chi connectivity index (χ0) is 7.11. The van der Waals surface area contributed by atoms with Crippen molar-refractivity contribution in [2.75, 3.05) is 6.61 Å². The van der Waals surface area contributed by atoms with Crippen molar-refractivity contribution in [2.24, 2.45) is 0 Å². The van der Waals surface area contributed by atoms with Gasteiger partial charge >= 0.3 is 0 Å². The zero-order valence-corrected chi connectivity index (χ0v) is 6.44. The summed E-state index contributed by atoms with van der Waals surface area (Å²) in [5.74, 6) is 0.930. The summed E-state index contributed by atoms with van der Waals surface area (Å²) in [7, 11) is 0. The molecule has 0 saturated carbocycles. The maximum atomic E-state index is 5.15. The molecule has 0 atom stereocenters. The van der Waals surface area contributed by atoms with Crippen molar-refractivity contribution in [3.05, 3.63) is 12.3 Å². The molecular formula is C8H16O. The molecule has 0 bridgehead atoms. The minimum Gasteiger partial charge on any atom is -0.499 e. The highest BCUT2D eigenvalue weighted by Gasteiger charge is 1.90. The Morgan fingerprint density at radius 2 is 2.11 bits per heavy atom. The van der Waals surface area contributed by atoms with Gasteiger partial charge in [-0.05, 0) is 13.3 Å². The van der Waals surface area contributed by atoms with E-state index in [0.29, 0.717) is 0 Å². The average Bonchev–Trinajstić information content (AvgIpc) is 1.85. The Hall–Kier alpha value is -0.460. The fraction of sp³-hybridized carbons (Fsp3) is 0.750. The van der Waals surface area contributed by atoms with Crippen LogP contribution in [0.25, 0.3) is 0 Å². The molecule has 9 heavy (non-hydrogen) atoms. The van der Waals surface area contributed by atoms with Crippen molar-refractivity contribution >= 4 is 0 Å². The van der Waals surface area contributed by atoms with E-state index in [1.165, 1.54) is 12.8 Å². The summed E-state index contributed by atoms with van der Waals surface area (Å²) in [5.41, 5.74) is 0. The molecule has 1 nitrogen and oxygen atoms in total. The predicted octanol–water partition coefficient (Wildman–Crippen LogP) is 2.73. The molecule has 0 N–H and O–H groups in total. The lowest BCUT2D eigenvalue weighted by molar-refractivity contribution is 0.218. The first kappa shape index (κ1) is 8.54. The van der Waals surface area contributed by atoms with Crippen molar-refractivity contribution in [1.29, 1.82) is 0 Å². The van der Waals surface area contributed by atoms with Crippen molar-refractivity contribution in [3.63, 3.8) is 0 Å². The van der Waals surface area contributed by atoms with Gasteiger partial charge in [-0.3, -0.25) is 0 Å². The summed E-state index contributed by atoms with van der Waals surface area (Å²) in [4.78, 5) is 0. The van der Waals surface area contributed by atoms with E-state index in [1.807, 2.05) is 6.92 Å². The maximum Gasteiger partial charge on any atom is 0.0888 e. The monoisotopic (exact) mass is 128 g/mol. The van der Waals surface area contributed by atoms with Crippen LogP contribution in [-0.4, -0.2) is 6.61 Å². The van der Waals surface area contributed by atoms with E-state index in [4.69, 9.17) is 4.74 Å². The molecule has 0 saturated heterocycles. The van der Waals surface area contributed by atoms with Crippen molar-refractivity contribution in [2.45, 2.75) is 33.1 Å². The van der Waals surface area contributed by atoms with E-state index >= 15 is 0 Å². The second kappa shape index (κ2) is 5.67. The van der Waals surface area contributed by atoms with Gasteiger partial charge in [0.25, 0.3) is 0 Å². The van der Waals surface area contributed by atoms with Crippen LogP contribution in [0, 0.1) is 0 Å². The van der Waals surface area contributed by atoms with Gasteiger partial charge in [0.15, 0.2) is 0 Å². The van der Waals surface area contributed by atoms with E-state index < -0.39 is 0 Å². The van der Waals surface area contributed by atoms with E-state index in [1.54, 1.807) is 0 Å². The molecule has 0 heterocycles. The van der Waals surface area contributed by atoms with Crippen LogP contribution in [0.5, 0.6) is 0 Å². The van der Waals surface area contributed by atoms with Crippen molar-refractivity contribution < 1.29 is 4.74 Å². The third kappa shape index (κ3) is 5.41. The van der Waals surface area contributed by atoms with E-state index in [0.717, 1.165) is 18.8 Å². The summed E-state index contributed by atoms with van der Waals surface area (Å²) in [6.45, 7) is 8.66. The molecule has 0 aromatic rings. The highest BCUT2D eigenvalue weighted by atomic mass is 16.5. The molecule has 0 aromatic heterocycles. The second-order valence-electron chi connectivity index (χ2n) is 2.08. The normalized spacial score (nSPS) is 9.11. The fourth-order valence-electron chi connectivity index (χ4n) is 0.650. The third-order valence-corrected chi connectivity index (χ3v) is 1.16. The molecule has 0 amide bonds. The molecule has 0 unspecified atom stereocenters. The van der Waals surface area contributed by atoms with Gasteiger partial charge in [-0.15, -0.1) is 0 Å². The van der Waals surface area contributed by atoms with Crippen LogP contribution >= 0.6 is 0 Å². The van der Waals surface area contributed by atoms with E-state index in [9.17, 15) is 0 Å². The smallest absolute Gasteiger partial charge is 0.0888 e. The highest BCUT2D eigenvalue weighted by Crippen LogP contribution is 2.04. The zero-order valence-electron chi connectivity index (χ0n) is 6.44. The van der Waals surface area contributed by atoms with Crippen LogP contribution in [0.15, 0.2) is 12.3 Å². The van der Waals surface area contributed by atoms with Gasteiger partial charge in [0.1, 0.15) is 0 Å². The Morgan fingerprint density at radius 1 is 1.44 bits per heavy atom. The van der Waals surface area contributed by atoms with Gasteiger partial charge in [-0.25, -0.2) is 0 Å². The average molecular weight is 128 g/mol. The second-order valence-corrected chi connectivity index (χ2v) is 2.08.